The van der Waals surface area contributed by atoms with Gasteiger partial charge in [0, 0.05) is 6.07 Å². The average molecular weight is 392 g/mol. The van der Waals surface area contributed by atoms with Crippen molar-refractivity contribution >= 4 is 34.6 Å². The second-order valence-electron chi connectivity index (χ2n) is 5.75. The lowest BCUT2D eigenvalue weighted by atomic mass is 10.2. The highest BCUT2D eigenvalue weighted by Crippen LogP contribution is 2.25. The van der Waals surface area contributed by atoms with Gasteiger partial charge in [-0.25, -0.2) is 5.01 Å². The van der Waals surface area contributed by atoms with Crippen LogP contribution in [0.4, 0.5) is 11.4 Å². The Balaban J connectivity index is 2.29. The summed E-state index contributed by atoms with van der Waals surface area (Å²) in [6, 6.07) is 5.97. The fourth-order valence-corrected chi connectivity index (χ4v) is 2.76. The zero-order valence-electron chi connectivity index (χ0n) is 15.3. The van der Waals surface area contributed by atoms with E-state index in [1.807, 2.05) is 0 Å². The summed E-state index contributed by atoms with van der Waals surface area (Å²) in [7, 11) is 1.51. The van der Waals surface area contributed by atoms with Gasteiger partial charge >= 0.3 is 5.69 Å². The third kappa shape index (κ3) is 4.14. The maximum Gasteiger partial charge on any atom is 0.312 e. The average Bonchev–Trinajstić information content (AvgIpc) is 2.92. The van der Waals surface area contributed by atoms with E-state index < -0.39 is 16.9 Å². The molecule has 3 N–H and O–H groups in total. The van der Waals surface area contributed by atoms with Gasteiger partial charge in [0.1, 0.15) is 23.2 Å². The van der Waals surface area contributed by atoms with Crippen LogP contribution in [0.1, 0.15) is 24.4 Å². The number of thiocarbonyl (C=S) groups is 1. The van der Waals surface area contributed by atoms with Gasteiger partial charge in [0.05, 0.1) is 17.7 Å². The number of rotatable bonds is 5. The van der Waals surface area contributed by atoms with E-state index in [0.717, 1.165) is 0 Å². The first-order chi connectivity index (χ1) is 12.7. The number of hydrogen-bond donors (Lipinski definition) is 2. The number of carbonyl (C=O) groups excluding carboxylic acids is 1. The Morgan fingerprint density at radius 1 is 1.48 bits per heavy atom. The summed E-state index contributed by atoms with van der Waals surface area (Å²) >= 11 is 5.02. The Morgan fingerprint density at radius 3 is 2.67 bits per heavy atom. The lowest BCUT2D eigenvalue weighted by Gasteiger charge is -2.25. The summed E-state index contributed by atoms with van der Waals surface area (Å²) in [5, 5.41) is 16.4. The molecule has 0 saturated heterocycles. The van der Waals surface area contributed by atoms with Gasteiger partial charge < -0.3 is 10.5 Å². The third-order valence-corrected chi connectivity index (χ3v) is 4.15. The SMILES string of the molecule is COc1cccc(N(NC(=O)C(C)n2nc(C)c([N+](=O)[O-])c2C)C(N)=S)c1. The van der Waals surface area contributed by atoms with Gasteiger partial charge in [-0.05, 0) is 45.1 Å². The molecule has 0 aliphatic heterocycles. The highest BCUT2D eigenvalue weighted by Gasteiger charge is 2.28. The standard InChI is InChI=1S/C16H20N6O4S/c1-9-14(22(24)25)10(2)20(18-9)11(3)15(23)19-21(16(17)27)12-6-5-7-13(8-12)26-4/h5-8,11H,1-4H3,(H2,17,27)(H,19,23). The minimum absolute atomic E-state index is 0.0804. The van der Waals surface area contributed by atoms with Crippen molar-refractivity contribution in [1.82, 2.24) is 15.2 Å². The highest BCUT2D eigenvalue weighted by atomic mass is 32.1. The minimum Gasteiger partial charge on any atom is -0.497 e. The topological polar surface area (TPSA) is 129 Å². The number of nitrogens with two attached hydrogens (primary N) is 1. The minimum atomic E-state index is -0.833. The fraction of sp³-hybridized carbons (Fsp3) is 0.312. The summed E-state index contributed by atoms with van der Waals surface area (Å²) in [6.07, 6.45) is 0. The maximum atomic E-state index is 12.7. The summed E-state index contributed by atoms with van der Waals surface area (Å²) in [5.74, 6) is 0.0661. The number of benzene rings is 1. The number of methoxy groups -OCH3 is 1. The van der Waals surface area contributed by atoms with Gasteiger partial charge in [-0.3, -0.25) is 25.0 Å². The number of hydrogen-bond acceptors (Lipinski definition) is 6. The summed E-state index contributed by atoms with van der Waals surface area (Å²) < 4.78 is 6.46. The second kappa shape index (κ2) is 7.99. The number of amides is 1. The van der Waals surface area contributed by atoms with Crippen LogP contribution in [0.2, 0.25) is 0 Å². The number of aromatic nitrogens is 2. The monoisotopic (exact) mass is 392 g/mol. The molecule has 0 spiro atoms. The molecule has 0 aliphatic carbocycles. The molecule has 144 valence electrons. The van der Waals surface area contributed by atoms with Crippen LogP contribution in [0.25, 0.3) is 0 Å². The van der Waals surface area contributed by atoms with Crippen LogP contribution in [0.15, 0.2) is 24.3 Å². The van der Waals surface area contributed by atoms with Crippen molar-refractivity contribution in [2.75, 3.05) is 12.1 Å². The molecule has 0 bridgehead atoms. The van der Waals surface area contributed by atoms with Gasteiger partial charge in [-0.2, -0.15) is 5.10 Å². The quantitative estimate of drug-likeness (QED) is 0.447. The van der Waals surface area contributed by atoms with Crippen LogP contribution in [0, 0.1) is 24.0 Å². The van der Waals surface area contributed by atoms with Crippen LogP contribution >= 0.6 is 12.2 Å². The van der Waals surface area contributed by atoms with Gasteiger partial charge in [-0.1, -0.05) is 6.07 Å². The van der Waals surface area contributed by atoms with Crippen molar-refractivity contribution in [3.63, 3.8) is 0 Å². The van der Waals surface area contributed by atoms with Crippen molar-refractivity contribution in [1.29, 1.82) is 0 Å². The van der Waals surface area contributed by atoms with Crippen molar-refractivity contribution < 1.29 is 14.5 Å². The first-order valence-corrected chi connectivity index (χ1v) is 8.32. The lowest BCUT2D eigenvalue weighted by molar-refractivity contribution is -0.386. The molecule has 27 heavy (non-hydrogen) atoms. The molecule has 0 aliphatic rings. The lowest BCUT2D eigenvalue weighted by Crippen LogP contribution is -2.51. The Labute approximate surface area is 161 Å². The fourth-order valence-electron chi connectivity index (χ4n) is 2.61. The van der Waals surface area contributed by atoms with Crippen molar-refractivity contribution in [3.05, 3.63) is 45.8 Å². The summed E-state index contributed by atoms with van der Waals surface area (Å²) in [6.45, 7) is 4.63. The maximum absolute atomic E-state index is 12.7. The first kappa shape index (κ1) is 20.1. The van der Waals surface area contributed by atoms with Crippen LogP contribution in [-0.4, -0.2) is 32.8 Å². The summed E-state index contributed by atoms with van der Waals surface area (Å²) in [4.78, 5) is 23.3. The highest BCUT2D eigenvalue weighted by molar-refractivity contribution is 7.80. The van der Waals surface area contributed by atoms with E-state index in [1.165, 1.54) is 30.6 Å². The van der Waals surface area contributed by atoms with E-state index in [2.05, 4.69) is 10.5 Å². The zero-order valence-corrected chi connectivity index (χ0v) is 16.1. The van der Waals surface area contributed by atoms with E-state index >= 15 is 0 Å². The molecule has 0 saturated carbocycles. The van der Waals surface area contributed by atoms with E-state index in [1.54, 1.807) is 31.2 Å². The molecule has 1 aromatic heterocycles. The van der Waals surface area contributed by atoms with Crippen LogP contribution in [0.3, 0.4) is 0 Å². The number of nitrogens with zero attached hydrogens (tertiary/aromatic N) is 4. The molecule has 1 unspecified atom stereocenters. The smallest absolute Gasteiger partial charge is 0.312 e. The van der Waals surface area contributed by atoms with Crippen LogP contribution in [-0.2, 0) is 4.79 Å². The second-order valence-corrected chi connectivity index (χ2v) is 6.17. The molecule has 11 heteroatoms. The van der Waals surface area contributed by atoms with Crippen molar-refractivity contribution in [2.45, 2.75) is 26.8 Å². The number of ether oxygens (including phenoxy) is 1. The number of carbonyl (C=O) groups is 1. The Morgan fingerprint density at radius 2 is 2.15 bits per heavy atom. The number of hydrazine groups is 1. The molecule has 10 nitrogen and oxygen atoms in total. The van der Waals surface area contributed by atoms with Crippen molar-refractivity contribution in [3.8, 4) is 5.75 Å². The molecular weight excluding hydrogens is 372 g/mol. The molecule has 2 rings (SSSR count). The number of anilines is 1. The molecule has 0 fully saturated rings. The van der Waals surface area contributed by atoms with E-state index in [0.29, 0.717) is 11.4 Å². The van der Waals surface area contributed by atoms with Crippen molar-refractivity contribution in [2.24, 2.45) is 5.73 Å². The predicted octanol–water partition coefficient (Wildman–Crippen LogP) is 1.76. The van der Waals surface area contributed by atoms with E-state index in [9.17, 15) is 14.9 Å². The molecular formula is C16H20N6O4S. The molecule has 1 heterocycles. The van der Waals surface area contributed by atoms with E-state index in [4.69, 9.17) is 22.7 Å². The predicted molar refractivity (Wildman–Crippen MR) is 103 cm³/mol. The Hall–Kier alpha value is -3.21. The normalized spacial score (nSPS) is 11.6. The van der Waals surface area contributed by atoms with Gasteiger partial charge in [0.15, 0.2) is 5.11 Å². The molecule has 1 aromatic carbocycles. The molecule has 0 radical (unpaired) electrons. The number of nitrogens with one attached hydrogen (secondary N) is 1. The van der Waals surface area contributed by atoms with Crippen LogP contribution in [0.5, 0.6) is 5.75 Å². The van der Waals surface area contributed by atoms with E-state index in [-0.39, 0.29) is 22.2 Å². The Bertz CT molecular complexity index is 897. The third-order valence-electron chi connectivity index (χ3n) is 3.97. The number of aryl methyl sites for hydroxylation is 1. The van der Waals surface area contributed by atoms with Crippen LogP contribution < -0.4 is 20.9 Å². The number of nitro groups is 1. The molecule has 1 atom stereocenters. The summed E-state index contributed by atoms with van der Waals surface area (Å²) in [5.41, 5.74) is 9.24. The largest absolute Gasteiger partial charge is 0.497 e. The van der Waals surface area contributed by atoms with Gasteiger partial charge in [0.25, 0.3) is 5.91 Å². The molecule has 1 amide bonds. The Kier molecular flexibility index (Phi) is 5.95. The zero-order chi connectivity index (χ0) is 20.3. The van der Waals surface area contributed by atoms with Gasteiger partial charge in [-0.15, -0.1) is 0 Å². The van der Waals surface area contributed by atoms with Gasteiger partial charge in [0.2, 0.25) is 0 Å². The molecule has 2 aromatic rings. The first-order valence-electron chi connectivity index (χ1n) is 7.91.